The summed E-state index contributed by atoms with van der Waals surface area (Å²) in [5.41, 5.74) is 2.09. The lowest BCUT2D eigenvalue weighted by Crippen LogP contribution is -2.35. The van der Waals surface area contributed by atoms with E-state index < -0.39 is 0 Å². The molecule has 2 N–H and O–H groups in total. The first-order valence-corrected chi connectivity index (χ1v) is 9.06. The zero-order valence-corrected chi connectivity index (χ0v) is 14.6. The van der Waals surface area contributed by atoms with Crippen LogP contribution in [-0.2, 0) is 19.6 Å². The van der Waals surface area contributed by atoms with Crippen molar-refractivity contribution in [3.05, 3.63) is 66.5 Å². The molecular formula is C19H24N6O. The second-order valence-corrected chi connectivity index (χ2v) is 7.04. The molecule has 136 valence electrons. The van der Waals surface area contributed by atoms with Gasteiger partial charge in [-0.3, -0.25) is 0 Å². The molecule has 0 aliphatic heterocycles. The Morgan fingerprint density at radius 2 is 2.08 bits per heavy atom. The topological polar surface area (TPSA) is 80.8 Å². The molecular weight excluding hydrogens is 328 g/mol. The average molecular weight is 352 g/mol. The molecule has 1 aliphatic carbocycles. The Kier molecular flexibility index (Phi) is 5.08. The van der Waals surface area contributed by atoms with E-state index >= 15 is 0 Å². The van der Waals surface area contributed by atoms with Crippen molar-refractivity contribution in [3.63, 3.8) is 0 Å². The Balaban J connectivity index is 1.27. The standard InChI is InChI=1S/C19H24N6O/c26-19-9-16(11-24-7-6-20-14-24)8-18(19)21-10-17-13-25(23-22-17)12-15-4-2-1-3-5-15/h1-7,13-14,16,18-19,21,26H,8-12H2/t16?,18-,19-/m1/s1. The molecule has 2 heterocycles. The first-order chi connectivity index (χ1) is 12.8. The number of imidazole rings is 1. The third-order valence-electron chi connectivity index (χ3n) is 4.97. The Bertz CT molecular complexity index is 801. The summed E-state index contributed by atoms with van der Waals surface area (Å²) in [5.74, 6) is 0.463. The molecule has 3 aromatic rings. The second kappa shape index (κ2) is 7.80. The van der Waals surface area contributed by atoms with Gasteiger partial charge in [0.2, 0.25) is 0 Å². The minimum Gasteiger partial charge on any atom is -0.391 e. The van der Waals surface area contributed by atoms with E-state index in [0.717, 1.165) is 25.1 Å². The zero-order chi connectivity index (χ0) is 17.8. The number of benzene rings is 1. The number of aliphatic hydroxyl groups is 1. The molecule has 1 saturated carbocycles. The molecule has 1 aliphatic rings. The maximum absolute atomic E-state index is 10.3. The van der Waals surface area contributed by atoms with E-state index in [9.17, 15) is 5.11 Å². The van der Waals surface area contributed by atoms with Crippen LogP contribution in [0.25, 0.3) is 0 Å². The summed E-state index contributed by atoms with van der Waals surface area (Å²) in [7, 11) is 0. The zero-order valence-electron chi connectivity index (χ0n) is 14.6. The molecule has 1 unspecified atom stereocenters. The highest BCUT2D eigenvalue weighted by atomic mass is 16.3. The van der Waals surface area contributed by atoms with Gasteiger partial charge in [0.05, 0.1) is 30.9 Å². The molecule has 1 aromatic carbocycles. The number of hydrogen-bond acceptors (Lipinski definition) is 5. The molecule has 0 saturated heterocycles. The molecule has 3 atom stereocenters. The van der Waals surface area contributed by atoms with Crippen molar-refractivity contribution in [2.75, 3.05) is 0 Å². The summed E-state index contributed by atoms with van der Waals surface area (Å²) in [6.45, 7) is 2.24. The van der Waals surface area contributed by atoms with Crippen molar-refractivity contribution in [3.8, 4) is 0 Å². The highest BCUT2D eigenvalue weighted by molar-refractivity contribution is 5.14. The summed E-state index contributed by atoms with van der Waals surface area (Å²) in [6.07, 6.45) is 9.01. The van der Waals surface area contributed by atoms with Gasteiger partial charge in [-0.1, -0.05) is 35.5 Å². The highest BCUT2D eigenvalue weighted by Crippen LogP contribution is 2.27. The van der Waals surface area contributed by atoms with Crippen LogP contribution in [0.4, 0.5) is 0 Å². The van der Waals surface area contributed by atoms with Crippen molar-refractivity contribution in [1.82, 2.24) is 29.9 Å². The number of aliphatic hydroxyl groups excluding tert-OH is 1. The van der Waals surface area contributed by atoms with Gasteiger partial charge in [0.1, 0.15) is 0 Å². The number of hydrogen-bond donors (Lipinski definition) is 2. The lowest BCUT2D eigenvalue weighted by atomic mass is 10.1. The van der Waals surface area contributed by atoms with Gasteiger partial charge in [-0.2, -0.15) is 0 Å². The lowest BCUT2D eigenvalue weighted by molar-refractivity contribution is 0.145. The van der Waals surface area contributed by atoms with Crippen LogP contribution in [0, 0.1) is 5.92 Å². The fourth-order valence-corrected chi connectivity index (χ4v) is 3.68. The van der Waals surface area contributed by atoms with Gasteiger partial charge in [0.25, 0.3) is 0 Å². The van der Waals surface area contributed by atoms with Gasteiger partial charge in [-0.15, -0.1) is 5.10 Å². The van der Waals surface area contributed by atoms with Crippen molar-refractivity contribution in [1.29, 1.82) is 0 Å². The number of aromatic nitrogens is 5. The number of nitrogens with zero attached hydrogens (tertiary/aromatic N) is 5. The van der Waals surface area contributed by atoms with E-state index in [1.807, 2.05) is 41.6 Å². The predicted molar refractivity (Wildman–Crippen MR) is 97.2 cm³/mol. The number of nitrogens with one attached hydrogen (secondary N) is 1. The Morgan fingerprint density at radius 1 is 1.19 bits per heavy atom. The van der Waals surface area contributed by atoms with Crippen molar-refractivity contribution >= 4 is 0 Å². The first-order valence-electron chi connectivity index (χ1n) is 9.06. The van der Waals surface area contributed by atoms with Crippen LogP contribution in [0.2, 0.25) is 0 Å². The van der Waals surface area contributed by atoms with Crippen LogP contribution in [0.1, 0.15) is 24.1 Å². The van der Waals surface area contributed by atoms with E-state index in [4.69, 9.17) is 0 Å². The molecule has 4 rings (SSSR count). The van der Waals surface area contributed by atoms with Gasteiger partial charge >= 0.3 is 0 Å². The van der Waals surface area contributed by atoms with Crippen LogP contribution in [0.5, 0.6) is 0 Å². The lowest BCUT2D eigenvalue weighted by Gasteiger charge is -2.15. The van der Waals surface area contributed by atoms with Gasteiger partial charge < -0.3 is 15.0 Å². The van der Waals surface area contributed by atoms with Crippen LogP contribution < -0.4 is 5.32 Å². The maximum atomic E-state index is 10.3. The number of rotatable bonds is 7. The normalized spacial score (nSPS) is 22.7. The quantitative estimate of drug-likeness (QED) is 0.673. The summed E-state index contributed by atoms with van der Waals surface area (Å²) >= 11 is 0. The highest BCUT2D eigenvalue weighted by Gasteiger charge is 2.32. The molecule has 0 bridgehead atoms. The average Bonchev–Trinajstić information content (AvgIpc) is 3.37. The fourth-order valence-electron chi connectivity index (χ4n) is 3.68. The Morgan fingerprint density at radius 3 is 2.88 bits per heavy atom. The molecule has 0 amide bonds. The second-order valence-electron chi connectivity index (χ2n) is 7.04. The molecule has 1 fully saturated rings. The molecule has 2 aromatic heterocycles. The summed E-state index contributed by atoms with van der Waals surface area (Å²) in [6, 6.07) is 10.3. The minimum absolute atomic E-state index is 0.0998. The minimum atomic E-state index is -0.317. The third kappa shape index (κ3) is 4.17. The largest absolute Gasteiger partial charge is 0.391 e. The summed E-state index contributed by atoms with van der Waals surface area (Å²) in [4.78, 5) is 4.08. The van der Waals surface area contributed by atoms with Crippen molar-refractivity contribution in [2.45, 2.75) is 44.6 Å². The first kappa shape index (κ1) is 16.9. The molecule has 7 heteroatoms. The van der Waals surface area contributed by atoms with Gasteiger partial charge in [-0.25, -0.2) is 9.67 Å². The van der Waals surface area contributed by atoms with Gasteiger partial charge in [0, 0.05) is 31.5 Å². The van der Waals surface area contributed by atoms with Gasteiger partial charge in [-0.05, 0) is 24.3 Å². The smallest absolute Gasteiger partial charge is 0.0965 e. The Hall–Kier alpha value is -2.51. The summed E-state index contributed by atoms with van der Waals surface area (Å²) in [5, 5.41) is 22.2. The van der Waals surface area contributed by atoms with Crippen LogP contribution in [0.3, 0.4) is 0 Å². The molecule has 7 nitrogen and oxygen atoms in total. The summed E-state index contributed by atoms with van der Waals surface area (Å²) < 4.78 is 3.92. The van der Waals surface area contributed by atoms with Crippen LogP contribution >= 0.6 is 0 Å². The monoisotopic (exact) mass is 352 g/mol. The molecule has 26 heavy (non-hydrogen) atoms. The van der Waals surface area contributed by atoms with E-state index in [-0.39, 0.29) is 12.1 Å². The van der Waals surface area contributed by atoms with Crippen LogP contribution in [0.15, 0.2) is 55.2 Å². The SMILES string of the molecule is O[C@@H]1CC(Cn2ccnc2)C[C@H]1NCc1cn(Cc2ccccc2)nn1. The molecule has 0 radical (unpaired) electrons. The van der Waals surface area contributed by atoms with Gasteiger partial charge in [0.15, 0.2) is 0 Å². The van der Waals surface area contributed by atoms with E-state index in [0.29, 0.717) is 19.0 Å². The Labute approximate surface area is 152 Å². The third-order valence-corrected chi connectivity index (χ3v) is 4.97. The predicted octanol–water partition coefficient (Wildman–Crippen LogP) is 1.45. The van der Waals surface area contributed by atoms with Crippen molar-refractivity contribution in [2.24, 2.45) is 5.92 Å². The van der Waals surface area contributed by atoms with Crippen molar-refractivity contribution < 1.29 is 5.11 Å². The fraction of sp³-hybridized carbons (Fsp3) is 0.421. The molecule has 0 spiro atoms. The maximum Gasteiger partial charge on any atom is 0.0965 e. The van der Waals surface area contributed by atoms with E-state index in [2.05, 4.69) is 37.3 Å². The van der Waals surface area contributed by atoms with E-state index in [1.54, 1.807) is 6.20 Å². The van der Waals surface area contributed by atoms with E-state index in [1.165, 1.54) is 5.56 Å². The van der Waals surface area contributed by atoms with Crippen LogP contribution in [-0.4, -0.2) is 41.8 Å².